The number of hydrogen-bond donors (Lipinski definition) is 0. The highest BCUT2D eigenvalue weighted by molar-refractivity contribution is 5.50. The van der Waals surface area contributed by atoms with Gasteiger partial charge in [0.05, 0.1) is 0 Å². The third-order valence-corrected chi connectivity index (χ3v) is 6.83. The molecule has 6 rings (SSSR count). The molecule has 2 fully saturated rings. The molecule has 3 aliphatic rings. The number of aromatic nitrogens is 2. The van der Waals surface area contributed by atoms with Crippen LogP contribution in [0.5, 0.6) is 0 Å². The normalized spacial score (nSPS) is 26.7. The number of piperidine rings is 1. The van der Waals surface area contributed by atoms with Crippen molar-refractivity contribution in [3.63, 3.8) is 0 Å². The van der Waals surface area contributed by atoms with Gasteiger partial charge < -0.3 is 13.9 Å². The Bertz CT molecular complexity index is 1210. The van der Waals surface area contributed by atoms with E-state index in [1.165, 1.54) is 5.56 Å². The van der Waals surface area contributed by atoms with Crippen LogP contribution in [0.2, 0.25) is 0 Å². The zero-order valence-electron chi connectivity index (χ0n) is 16.6. The largest absolute Gasteiger partial charge is 0.423 e. The summed E-state index contributed by atoms with van der Waals surface area (Å²) in [7, 11) is 0. The molecule has 3 aromatic rings. The first-order valence-electron chi connectivity index (χ1n) is 10.6. The van der Waals surface area contributed by atoms with Gasteiger partial charge in [-0.05, 0) is 36.3 Å². The maximum Gasteiger partial charge on any atom is 0.250 e. The van der Waals surface area contributed by atoms with Gasteiger partial charge in [-0.15, -0.1) is 0 Å². The van der Waals surface area contributed by atoms with Crippen molar-refractivity contribution in [2.75, 3.05) is 18.0 Å². The maximum atomic E-state index is 12.3. The molecule has 0 spiro atoms. The van der Waals surface area contributed by atoms with Crippen molar-refractivity contribution in [3.8, 4) is 6.07 Å². The van der Waals surface area contributed by atoms with E-state index in [1.807, 2.05) is 16.7 Å². The number of nitriles is 1. The van der Waals surface area contributed by atoms with E-state index in [1.54, 1.807) is 6.07 Å². The van der Waals surface area contributed by atoms with E-state index in [4.69, 9.17) is 4.42 Å². The molecule has 1 aromatic carbocycles. The molecule has 2 aliphatic heterocycles. The number of nitrogens with zero attached hydrogens (tertiary/aromatic N) is 4. The van der Waals surface area contributed by atoms with Gasteiger partial charge in [-0.2, -0.15) is 5.26 Å². The number of benzene rings is 1. The first-order chi connectivity index (χ1) is 14.7. The standard InChI is InChI=1S/C24H22N4O2/c25-11-20-24(30-23(26-20)19-10-18(19)16-5-2-1-3-6-16)27-12-15-9-17(14-27)21-7-4-8-22(29)28(21)13-15/h1-8,15,17-19H,9-10,12-14H2/t15-,17+,18+,19+/m1/s1. The minimum Gasteiger partial charge on any atom is -0.423 e. The second kappa shape index (κ2) is 6.60. The van der Waals surface area contributed by atoms with Gasteiger partial charge >= 0.3 is 0 Å². The Balaban J connectivity index is 1.28. The minimum atomic E-state index is 0.0796. The summed E-state index contributed by atoms with van der Waals surface area (Å²) in [4.78, 5) is 19.0. The molecule has 0 radical (unpaired) electrons. The fourth-order valence-electron chi connectivity index (χ4n) is 5.37. The molecule has 2 aromatic heterocycles. The van der Waals surface area contributed by atoms with Gasteiger partial charge in [0.15, 0.2) is 0 Å². The van der Waals surface area contributed by atoms with Crippen molar-refractivity contribution >= 4 is 5.88 Å². The monoisotopic (exact) mass is 398 g/mol. The Labute approximate surface area is 174 Å². The van der Waals surface area contributed by atoms with Crippen LogP contribution in [0.4, 0.5) is 5.88 Å². The zero-order chi connectivity index (χ0) is 20.2. The van der Waals surface area contributed by atoms with Crippen LogP contribution in [-0.2, 0) is 6.54 Å². The van der Waals surface area contributed by atoms with E-state index >= 15 is 0 Å². The Morgan fingerprint density at radius 2 is 1.87 bits per heavy atom. The average molecular weight is 398 g/mol. The highest BCUT2D eigenvalue weighted by Gasteiger charge is 2.44. The fourth-order valence-corrected chi connectivity index (χ4v) is 5.37. The van der Waals surface area contributed by atoms with Gasteiger partial charge in [-0.3, -0.25) is 4.79 Å². The molecular weight excluding hydrogens is 376 g/mol. The smallest absolute Gasteiger partial charge is 0.250 e. The number of hydrogen-bond acceptors (Lipinski definition) is 5. The summed E-state index contributed by atoms with van der Waals surface area (Å²) < 4.78 is 8.14. The number of rotatable bonds is 3. The predicted molar refractivity (Wildman–Crippen MR) is 112 cm³/mol. The van der Waals surface area contributed by atoms with Crippen LogP contribution < -0.4 is 10.5 Å². The summed E-state index contributed by atoms with van der Waals surface area (Å²) in [5, 5.41) is 9.70. The van der Waals surface area contributed by atoms with Crippen LogP contribution in [0.1, 0.15) is 53.4 Å². The zero-order valence-corrected chi connectivity index (χ0v) is 16.6. The van der Waals surface area contributed by atoms with Crippen molar-refractivity contribution in [2.24, 2.45) is 5.92 Å². The van der Waals surface area contributed by atoms with Crippen molar-refractivity contribution < 1.29 is 4.42 Å². The van der Waals surface area contributed by atoms with E-state index < -0.39 is 0 Å². The Hall–Kier alpha value is -3.33. The average Bonchev–Trinajstić information content (AvgIpc) is 3.46. The summed E-state index contributed by atoms with van der Waals surface area (Å²) in [6, 6.07) is 18.2. The fraction of sp³-hybridized carbons (Fsp3) is 0.375. The highest BCUT2D eigenvalue weighted by atomic mass is 16.4. The van der Waals surface area contributed by atoms with Crippen LogP contribution in [0, 0.1) is 17.2 Å². The minimum absolute atomic E-state index is 0.0796. The molecule has 0 unspecified atom stereocenters. The number of pyridine rings is 1. The highest BCUT2D eigenvalue weighted by Crippen LogP contribution is 2.55. The summed E-state index contributed by atoms with van der Waals surface area (Å²) in [6.45, 7) is 2.26. The van der Waals surface area contributed by atoms with Crippen LogP contribution in [0.25, 0.3) is 0 Å². The summed E-state index contributed by atoms with van der Waals surface area (Å²) >= 11 is 0. The van der Waals surface area contributed by atoms with Crippen LogP contribution in [0.15, 0.2) is 57.7 Å². The maximum absolute atomic E-state index is 12.3. The molecule has 4 heterocycles. The van der Waals surface area contributed by atoms with Crippen LogP contribution in [-0.4, -0.2) is 22.6 Å². The molecule has 1 aliphatic carbocycles. The first kappa shape index (κ1) is 17.5. The predicted octanol–water partition coefficient (Wildman–Crippen LogP) is 3.60. The quantitative estimate of drug-likeness (QED) is 0.674. The third-order valence-electron chi connectivity index (χ3n) is 6.83. The summed E-state index contributed by atoms with van der Waals surface area (Å²) in [6.07, 6.45) is 2.08. The van der Waals surface area contributed by atoms with Gasteiger partial charge in [-0.1, -0.05) is 36.4 Å². The lowest BCUT2D eigenvalue weighted by molar-refractivity contribution is 0.274. The second-order valence-electron chi connectivity index (χ2n) is 8.78. The molecule has 1 saturated heterocycles. The molecule has 30 heavy (non-hydrogen) atoms. The van der Waals surface area contributed by atoms with Gasteiger partial charge in [0, 0.05) is 43.2 Å². The van der Waals surface area contributed by atoms with Gasteiger partial charge in [0.25, 0.3) is 5.56 Å². The van der Waals surface area contributed by atoms with Gasteiger partial charge in [0.1, 0.15) is 6.07 Å². The molecule has 6 heteroatoms. The van der Waals surface area contributed by atoms with Crippen LogP contribution >= 0.6 is 0 Å². The van der Waals surface area contributed by atoms with E-state index in [2.05, 4.69) is 46.3 Å². The summed E-state index contributed by atoms with van der Waals surface area (Å²) in [5.41, 5.74) is 2.86. The Kier molecular flexibility index (Phi) is 3.85. The molecule has 4 atom stereocenters. The van der Waals surface area contributed by atoms with Gasteiger partial charge in [-0.25, -0.2) is 4.98 Å². The number of anilines is 1. The Morgan fingerprint density at radius 3 is 2.70 bits per heavy atom. The van der Waals surface area contributed by atoms with Crippen LogP contribution in [0.3, 0.4) is 0 Å². The molecular formula is C24H22N4O2. The van der Waals surface area contributed by atoms with E-state index in [-0.39, 0.29) is 17.4 Å². The SMILES string of the molecule is N#Cc1nc([C@H]2C[C@H]2c2ccccc2)oc1N1C[C@H]2C[C@@H](C1)c1cccc(=O)n1C2. The third kappa shape index (κ3) is 2.77. The molecule has 150 valence electrons. The number of oxazole rings is 1. The second-order valence-corrected chi connectivity index (χ2v) is 8.78. The Morgan fingerprint density at radius 1 is 1.00 bits per heavy atom. The molecule has 1 saturated carbocycles. The van der Waals surface area contributed by atoms with Crippen molar-refractivity contribution in [3.05, 3.63) is 81.7 Å². The number of fused-ring (bicyclic) bond motifs is 4. The molecule has 6 nitrogen and oxygen atoms in total. The molecule has 2 bridgehead atoms. The van der Waals surface area contributed by atoms with Crippen molar-refractivity contribution in [1.29, 1.82) is 5.26 Å². The summed E-state index contributed by atoms with van der Waals surface area (Å²) in [5.74, 6) is 2.59. The van der Waals surface area contributed by atoms with E-state index in [0.29, 0.717) is 29.3 Å². The first-order valence-corrected chi connectivity index (χ1v) is 10.6. The van der Waals surface area contributed by atoms with E-state index in [0.717, 1.165) is 38.2 Å². The molecule has 0 N–H and O–H groups in total. The van der Waals surface area contributed by atoms with Crippen molar-refractivity contribution in [1.82, 2.24) is 9.55 Å². The molecule has 0 amide bonds. The van der Waals surface area contributed by atoms with Crippen molar-refractivity contribution in [2.45, 2.75) is 37.1 Å². The van der Waals surface area contributed by atoms with E-state index in [9.17, 15) is 10.1 Å². The topological polar surface area (TPSA) is 75.1 Å². The lowest BCUT2D eigenvalue weighted by Gasteiger charge is -2.42. The lowest BCUT2D eigenvalue weighted by Crippen LogP contribution is -2.47. The van der Waals surface area contributed by atoms with Gasteiger partial charge in [0.2, 0.25) is 17.5 Å². The lowest BCUT2D eigenvalue weighted by atomic mass is 9.83.